The SMILES string of the molecule is COC1CCC(/N=C(\Nc2ccc(C(CC(N)=O)c3ccc(Cl)cc3Cl)cc2)N2CC(C)NC(C)C2)CC1. The summed E-state index contributed by atoms with van der Waals surface area (Å²) in [4.78, 5) is 19.5. The van der Waals surface area contributed by atoms with Crippen molar-refractivity contribution in [3.63, 3.8) is 0 Å². The molecule has 1 aliphatic carbocycles. The molecule has 0 spiro atoms. The maximum absolute atomic E-state index is 11.9. The summed E-state index contributed by atoms with van der Waals surface area (Å²) >= 11 is 12.6. The van der Waals surface area contributed by atoms with Gasteiger partial charge in [0, 0.05) is 60.4 Å². The van der Waals surface area contributed by atoms with Gasteiger partial charge in [0.25, 0.3) is 0 Å². The quantitative estimate of drug-likeness (QED) is 0.311. The van der Waals surface area contributed by atoms with Crippen molar-refractivity contribution >= 4 is 40.8 Å². The number of rotatable bonds is 7. The number of nitrogens with zero attached hydrogens (tertiary/aromatic N) is 2. The van der Waals surface area contributed by atoms with E-state index in [2.05, 4.69) is 29.4 Å². The molecule has 38 heavy (non-hydrogen) atoms. The number of benzene rings is 2. The van der Waals surface area contributed by atoms with Gasteiger partial charge in [0.15, 0.2) is 5.96 Å². The van der Waals surface area contributed by atoms with Gasteiger partial charge in [-0.05, 0) is 74.9 Å². The van der Waals surface area contributed by atoms with E-state index in [1.165, 1.54) is 0 Å². The molecule has 3 atom stereocenters. The van der Waals surface area contributed by atoms with E-state index >= 15 is 0 Å². The molecule has 0 aromatic heterocycles. The summed E-state index contributed by atoms with van der Waals surface area (Å²) in [6.45, 7) is 6.19. The molecular weight excluding hydrogens is 521 g/mol. The largest absolute Gasteiger partial charge is 0.381 e. The zero-order valence-electron chi connectivity index (χ0n) is 22.4. The summed E-state index contributed by atoms with van der Waals surface area (Å²) in [7, 11) is 1.79. The van der Waals surface area contributed by atoms with Crippen molar-refractivity contribution in [1.82, 2.24) is 10.2 Å². The fourth-order valence-corrected chi connectivity index (χ4v) is 6.14. The van der Waals surface area contributed by atoms with Crippen molar-refractivity contribution in [2.24, 2.45) is 10.7 Å². The van der Waals surface area contributed by atoms with Crippen molar-refractivity contribution < 1.29 is 9.53 Å². The number of ether oxygens (including phenoxy) is 1. The van der Waals surface area contributed by atoms with Crippen LogP contribution in [-0.2, 0) is 9.53 Å². The molecule has 9 heteroatoms. The Balaban J connectivity index is 1.57. The minimum Gasteiger partial charge on any atom is -0.381 e. The van der Waals surface area contributed by atoms with Crippen molar-refractivity contribution in [2.45, 2.75) is 76.1 Å². The summed E-state index contributed by atoms with van der Waals surface area (Å²) < 4.78 is 5.56. The van der Waals surface area contributed by atoms with Crippen molar-refractivity contribution in [3.05, 3.63) is 63.6 Å². The number of methoxy groups -OCH3 is 1. The molecule has 1 saturated heterocycles. The van der Waals surface area contributed by atoms with Crippen molar-refractivity contribution in [1.29, 1.82) is 0 Å². The van der Waals surface area contributed by atoms with E-state index in [9.17, 15) is 4.79 Å². The molecule has 4 rings (SSSR count). The predicted molar refractivity (Wildman–Crippen MR) is 156 cm³/mol. The average molecular weight is 561 g/mol. The van der Waals surface area contributed by atoms with Crippen LogP contribution in [0.3, 0.4) is 0 Å². The number of guanidine groups is 1. The van der Waals surface area contributed by atoms with Gasteiger partial charge in [-0.2, -0.15) is 0 Å². The molecule has 1 heterocycles. The Hall–Kier alpha value is -2.32. The number of aliphatic imine (C=N–C) groups is 1. The summed E-state index contributed by atoms with van der Waals surface area (Å²) in [6.07, 6.45) is 4.62. The molecule has 2 fully saturated rings. The first-order valence-electron chi connectivity index (χ1n) is 13.4. The fourth-order valence-electron chi connectivity index (χ4n) is 5.60. The van der Waals surface area contributed by atoms with E-state index < -0.39 is 0 Å². The molecular formula is C29H39Cl2N5O2. The molecule has 2 aromatic rings. The Kier molecular flexibility index (Phi) is 9.93. The number of anilines is 1. The lowest BCUT2D eigenvalue weighted by molar-refractivity contribution is -0.118. The van der Waals surface area contributed by atoms with Gasteiger partial charge in [0.1, 0.15) is 0 Å². The first-order chi connectivity index (χ1) is 18.2. The number of nitrogens with one attached hydrogen (secondary N) is 2. The van der Waals surface area contributed by atoms with Gasteiger partial charge >= 0.3 is 0 Å². The number of primary amides is 1. The number of hydrogen-bond acceptors (Lipinski definition) is 4. The Morgan fingerprint density at radius 3 is 2.34 bits per heavy atom. The van der Waals surface area contributed by atoms with Gasteiger partial charge in [0.2, 0.25) is 5.91 Å². The first-order valence-corrected chi connectivity index (χ1v) is 14.2. The Morgan fingerprint density at radius 2 is 1.76 bits per heavy atom. The van der Waals surface area contributed by atoms with E-state index in [4.69, 9.17) is 38.7 Å². The number of carbonyl (C=O) groups excluding carboxylic acids is 1. The minimum absolute atomic E-state index is 0.154. The predicted octanol–water partition coefficient (Wildman–Crippen LogP) is 5.41. The lowest BCUT2D eigenvalue weighted by Gasteiger charge is -2.39. The van der Waals surface area contributed by atoms with Crippen molar-refractivity contribution in [2.75, 3.05) is 25.5 Å². The zero-order valence-corrected chi connectivity index (χ0v) is 23.9. The van der Waals surface area contributed by atoms with Crippen LogP contribution in [0.5, 0.6) is 0 Å². The fraction of sp³-hybridized carbons (Fsp3) is 0.517. The summed E-state index contributed by atoms with van der Waals surface area (Å²) in [5, 5.41) is 8.29. The summed E-state index contributed by atoms with van der Waals surface area (Å²) in [5.41, 5.74) is 8.33. The Bertz CT molecular complexity index is 1110. The molecule has 0 bridgehead atoms. The second-order valence-corrected chi connectivity index (χ2v) is 11.5. The van der Waals surface area contributed by atoms with Crippen LogP contribution in [0.2, 0.25) is 10.0 Å². The van der Waals surface area contributed by atoms with Gasteiger partial charge in [-0.3, -0.25) is 4.79 Å². The number of piperazine rings is 1. The zero-order chi connectivity index (χ0) is 27.2. The molecule has 206 valence electrons. The normalized spacial score (nSPS) is 25.2. The van der Waals surface area contributed by atoms with E-state index in [-0.39, 0.29) is 24.3 Å². The lowest BCUT2D eigenvalue weighted by Crippen LogP contribution is -2.57. The third-order valence-corrected chi connectivity index (χ3v) is 8.01. The third-order valence-electron chi connectivity index (χ3n) is 7.45. The van der Waals surface area contributed by atoms with E-state index in [1.54, 1.807) is 19.2 Å². The highest BCUT2D eigenvalue weighted by Gasteiger charge is 2.27. The van der Waals surface area contributed by atoms with Gasteiger partial charge in [0.05, 0.1) is 12.1 Å². The van der Waals surface area contributed by atoms with Crippen LogP contribution in [0.15, 0.2) is 47.5 Å². The standard InChI is InChI=1S/C29H39Cl2N5O2/c1-18-16-36(17-19(2)33-18)29(35-23-9-11-24(38-3)12-10-23)34-22-7-4-20(5-8-22)26(15-28(32)37)25-13-6-21(30)14-27(25)31/h4-8,13-14,18-19,23-24,26,33H,9-12,15-17H2,1-3H3,(H2,32,37)(H,34,35). The number of hydrogen-bond donors (Lipinski definition) is 3. The molecule has 7 nitrogen and oxygen atoms in total. The highest BCUT2D eigenvalue weighted by Crippen LogP contribution is 2.35. The smallest absolute Gasteiger partial charge is 0.218 e. The maximum Gasteiger partial charge on any atom is 0.218 e. The third kappa shape index (κ3) is 7.63. The topological polar surface area (TPSA) is 92.0 Å². The van der Waals surface area contributed by atoms with Crippen LogP contribution in [0.4, 0.5) is 5.69 Å². The second-order valence-electron chi connectivity index (χ2n) is 10.6. The number of nitrogens with two attached hydrogens (primary N) is 1. The molecule has 1 aliphatic heterocycles. The Morgan fingerprint density at radius 1 is 1.11 bits per heavy atom. The van der Waals surface area contributed by atoms with Crippen LogP contribution in [0, 0.1) is 0 Å². The summed E-state index contributed by atoms with van der Waals surface area (Å²) in [5.74, 6) is 0.265. The molecule has 4 N–H and O–H groups in total. The van der Waals surface area contributed by atoms with Crippen LogP contribution in [0.25, 0.3) is 0 Å². The minimum atomic E-state index is -0.386. The molecule has 3 unspecified atom stereocenters. The van der Waals surface area contributed by atoms with Crippen LogP contribution in [0.1, 0.15) is 63.0 Å². The van der Waals surface area contributed by atoms with Crippen LogP contribution >= 0.6 is 23.2 Å². The highest BCUT2D eigenvalue weighted by atomic mass is 35.5. The number of amides is 1. The van der Waals surface area contributed by atoms with Gasteiger partial charge in [-0.25, -0.2) is 4.99 Å². The monoisotopic (exact) mass is 559 g/mol. The summed E-state index contributed by atoms with van der Waals surface area (Å²) in [6, 6.07) is 14.4. The highest BCUT2D eigenvalue weighted by molar-refractivity contribution is 6.35. The van der Waals surface area contributed by atoms with Gasteiger partial charge < -0.3 is 26.0 Å². The molecule has 1 amide bonds. The first kappa shape index (κ1) is 28.7. The maximum atomic E-state index is 11.9. The van der Waals surface area contributed by atoms with Crippen LogP contribution in [-0.4, -0.2) is 61.2 Å². The van der Waals surface area contributed by atoms with Gasteiger partial charge in [-0.15, -0.1) is 0 Å². The van der Waals surface area contributed by atoms with Gasteiger partial charge in [-0.1, -0.05) is 41.4 Å². The van der Waals surface area contributed by atoms with Crippen LogP contribution < -0.4 is 16.4 Å². The molecule has 2 aliphatic rings. The van der Waals surface area contributed by atoms with Crippen molar-refractivity contribution in [3.8, 4) is 0 Å². The van der Waals surface area contributed by atoms with E-state index in [0.717, 1.165) is 61.5 Å². The Labute approximate surface area is 236 Å². The molecule has 2 aromatic carbocycles. The van der Waals surface area contributed by atoms with E-state index in [0.29, 0.717) is 28.2 Å². The van der Waals surface area contributed by atoms with E-state index in [1.807, 2.05) is 30.3 Å². The number of halogens is 2. The molecule has 0 radical (unpaired) electrons. The lowest BCUT2D eigenvalue weighted by atomic mass is 9.88. The average Bonchev–Trinajstić information content (AvgIpc) is 2.87. The number of carbonyl (C=O) groups is 1. The second kappa shape index (κ2) is 13.2. The molecule has 1 saturated carbocycles.